The monoisotopic (exact) mass is 473 g/mol. The van der Waals surface area contributed by atoms with Crippen molar-refractivity contribution in [3.05, 3.63) is 48.0 Å². The van der Waals surface area contributed by atoms with Crippen molar-refractivity contribution in [1.82, 2.24) is 4.57 Å². The fourth-order valence-electron chi connectivity index (χ4n) is 5.44. The zero-order valence-corrected chi connectivity index (χ0v) is 21.3. The predicted octanol–water partition coefficient (Wildman–Crippen LogP) is 7.22. The number of carbonyl (C=O) groups excluding carboxylic acids is 1. The van der Waals surface area contributed by atoms with Crippen LogP contribution in [0, 0.1) is 29.1 Å². The van der Waals surface area contributed by atoms with E-state index in [1.165, 1.54) is 6.42 Å². The van der Waals surface area contributed by atoms with Crippen LogP contribution in [0.4, 0.5) is 10.5 Å². The van der Waals surface area contributed by atoms with Gasteiger partial charge >= 0.3 is 6.09 Å². The summed E-state index contributed by atoms with van der Waals surface area (Å²) in [6.45, 7) is 9.41. The van der Waals surface area contributed by atoms with Crippen molar-refractivity contribution in [1.29, 1.82) is 5.26 Å². The van der Waals surface area contributed by atoms with Gasteiger partial charge in [-0.05, 0) is 67.3 Å². The second kappa shape index (κ2) is 10.4. The molecule has 0 bridgehead atoms. The number of benzene rings is 2. The molecule has 1 aliphatic carbocycles. The van der Waals surface area contributed by atoms with Gasteiger partial charge in [0.1, 0.15) is 17.9 Å². The van der Waals surface area contributed by atoms with Gasteiger partial charge in [-0.3, -0.25) is 5.32 Å². The van der Waals surface area contributed by atoms with Gasteiger partial charge in [0.15, 0.2) is 0 Å². The zero-order chi connectivity index (χ0) is 25.1. The minimum Gasteiger partial charge on any atom is -0.497 e. The first-order valence-corrected chi connectivity index (χ1v) is 12.5. The fraction of sp³-hybridized carbons (Fsp3) is 0.448. The maximum absolute atomic E-state index is 12.7. The van der Waals surface area contributed by atoms with Crippen LogP contribution in [0.3, 0.4) is 0 Å². The molecule has 0 aliphatic heterocycles. The number of nitrogens with zero attached hydrogens (tertiary/aromatic N) is 2. The molecule has 0 saturated heterocycles. The van der Waals surface area contributed by atoms with Crippen molar-refractivity contribution in [2.24, 2.45) is 17.8 Å². The lowest BCUT2D eigenvalue weighted by Gasteiger charge is -2.36. The standard InChI is InChI=1S/C29H35N3O3/c1-6-32-26-16-22(34-5)12-14-24(26)25(17-30)28(32)20-8-10-21(11-9-20)31-29(33)35-27-15-19(4)7-13-23(27)18(2)3/h8-12,14,16,18-19,23,27H,6-7,13,15H2,1-5H3,(H,31,33)/t19-,23?,27?/m1/s1. The molecule has 2 aromatic carbocycles. The van der Waals surface area contributed by atoms with E-state index in [0.717, 1.165) is 40.8 Å². The van der Waals surface area contributed by atoms with E-state index in [0.29, 0.717) is 35.5 Å². The van der Waals surface area contributed by atoms with Gasteiger partial charge in [-0.2, -0.15) is 5.26 Å². The van der Waals surface area contributed by atoms with Crippen molar-refractivity contribution in [3.8, 4) is 23.1 Å². The maximum Gasteiger partial charge on any atom is 0.411 e. The van der Waals surface area contributed by atoms with Crippen molar-refractivity contribution in [2.45, 2.75) is 59.6 Å². The minimum atomic E-state index is -0.407. The van der Waals surface area contributed by atoms with Gasteiger partial charge in [-0.15, -0.1) is 0 Å². The molecule has 1 saturated carbocycles. The van der Waals surface area contributed by atoms with Gasteiger partial charge in [-0.1, -0.05) is 39.3 Å². The number of rotatable bonds is 6. The van der Waals surface area contributed by atoms with Crippen LogP contribution >= 0.6 is 0 Å². The fourth-order valence-corrected chi connectivity index (χ4v) is 5.44. The van der Waals surface area contributed by atoms with Crippen molar-refractivity contribution in [3.63, 3.8) is 0 Å². The molecule has 0 radical (unpaired) electrons. The summed E-state index contributed by atoms with van der Waals surface area (Å²) in [5, 5.41) is 13.7. The summed E-state index contributed by atoms with van der Waals surface area (Å²) in [6.07, 6.45) is 2.75. The quantitative estimate of drug-likeness (QED) is 0.410. The summed E-state index contributed by atoms with van der Waals surface area (Å²) < 4.78 is 13.4. The van der Waals surface area contributed by atoms with Crippen LogP contribution in [0.5, 0.6) is 5.75 Å². The topological polar surface area (TPSA) is 76.3 Å². The summed E-state index contributed by atoms with van der Waals surface area (Å²) in [5.41, 5.74) is 4.05. The molecular formula is C29H35N3O3. The lowest BCUT2D eigenvalue weighted by molar-refractivity contribution is 0.0126. The Balaban J connectivity index is 1.55. The van der Waals surface area contributed by atoms with Crippen LogP contribution in [-0.4, -0.2) is 23.9 Å². The number of amides is 1. The van der Waals surface area contributed by atoms with Crippen LogP contribution in [0.25, 0.3) is 22.2 Å². The lowest BCUT2D eigenvalue weighted by atomic mass is 9.75. The Kier molecular flexibility index (Phi) is 7.35. The van der Waals surface area contributed by atoms with Gasteiger partial charge in [-0.25, -0.2) is 4.79 Å². The molecule has 2 unspecified atom stereocenters. The van der Waals surface area contributed by atoms with Crippen molar-refractivity contribution in [2.75, 3.05) is 12.4 Å². The van der Waals surface area contributed by atoms with Crippen molar-refractivity contribution >= 4 is 22.7 Å². The Bertz CT molecular complexity index is 1240. The molecule has 1 heterocycles. The molecule has 1 amide bonds. The van der Waals surface area contributed by atoms with E-state index in [2.05, 4.69) is 43.6 Å². The molecule has 184 valence electrons. The zero-order valence-electron chi connectivity index (χ0n) is 21.3. The molecule has 3 aromatic rings. The average molecular weight is 474 g/mol. The largest absolute Gasteiger partial charge is 0.497 e. The highest BCUT2D eigenvalue weighted by atomic mass is 16.6. The number of fused-ring (bicyclic) bond motifs is 1. The van der Waals surface area contributed by atoms with E-state index in [4.69, 9.17) is 9.47 Å². The Labute approximate surface area is 207 Å². The van der Waals surface area contributed by atoms with E-state index in [1.807, 2.05) is 42.5 Å². The summed E-state index contributed by atoms with van der Waals surface area (Å²) in [7, 11) is 1.64. The third-order valence-corrected chi connectivity index (χ3v) is 7.32. The molecule has 1 N–H and O–H groups in total. The van der Waals surface area contributed by atoms with Crippen LogP contribution in [0.1, 0.15) is 52.5 Å². The molecule has 3 atom stereocenters. The average Bonchev–Trinajstić information content (AvgIpc) is 3.16. The van der Waals surface area contributed by atoms with Crippen LogP contribution in [0.15, 0.2) is 42.5 Å². The van der Waals surface area contributed by atoms with Gasteiger partial charge < -0.3 is 14.0 Å². The minimum absolute atomic E-state index is 0.0477. The highest BCUT2D eigenvalue weighted by molar-refractivity contribution is 5.95. The summed E-state index contributed by atoms with van der Waals surface area (Å²) in [5.74, 6) is 2.21. The number of methoxy groups -OCH3 is 1. The summed E-state index contributed by atoms with van der Waals surface area (Å²) >= 11 is 0. The van der Waals surface area contributed by atoms with Gasteiger partial charge in [0.25, 0.3) is 0 Å². The number of ether oxygens (including phenoxy) is 2. The third-order valence-electron chi connectivity index (χ3n) is 7.32. The number of carbonyl (C=O) groups is 1. The molecule has 6 nitrogen and oxygen atoms in total. The Morgan fingerprint density at radius 2 is 1.94 bits per heavy atom. The van der Waals surface area contributed by atoms with E-state index >= 15 is 0 Å². The molecular weight excluding hydrogens is 438 g/mol. The third kappa shape index (κ3) is 5.00. The first-order valence-electron chi connectivity index (χ1n) is 12.5. The first kappa shape index (κ1) is 24.7. The summed E-state index contributed by atoms with van der Waals surface area (Å²) in [4.78, 5) is 12.7. The normalized spacial score (nSPS) is 20.0. The molecule has 1 aliphatic rings. The molecule has 35 heavy (non-hydrogen) atoms. The number of nitriles is 1. The van der Waals surface area contributed by atoms with Gasteiger partial charge in [0, 0.05) is 23.7 Å². The highest BCUT2D eigenvalue weighted by Crippen LogP contribution is 2.37. The number of anilines is 1. The molecule has 1 fully saturated rings. The first-order chi connectivity index (χ1) is 16.9. The van der Waals surface area contributed by atoms with Crippen LogP contribution < -0.4 is 10.1 Å². The molecule has 4 rings (SSSR count). The number of hydrogen-bond donors (Lipinski definition) is 1. The lowest BCUT2D eigenvalue weighted by Crippen LogP contribution is -2.36. The summed E-state index contributed by atoms with van der Waals surface area (Å²) in [6, 6.07) is 15.8. The van der Waals surface area contributed by atoms with E-state index < -0.39 is 6.09 Å². The highest BCUT2D eigenvalue weighted by Gasteiger charge is 2.33. The van der Waals surface area contributed by atoms with Crippen molar-refractivity contribution < 1.29 is 14.3 Å². The number of nitrogens with one attached hydrogen (secondary N) is 1. The second-order valence-electron chi connectivity index (χ2n) is 9.93. The number of hydrogen-bond acceptors (Lipinski definition) is 4. The van der Waals surface area contributed by atoms with Gasteiger partial charge in [0.2, 0.25) is 0 Å². The predicted molar refractivity (Wildman–Crippen MR) is 140 cm³/mol. The van der Waals surface area contributed by atoms with E-state index in [-0.39, 0.29) is 6.10 Å². The Morgan fingerprint density at radius 1 is 1.20 bits per heavy atom. The van der Waals surface area contributed by atoms with Crippen LogP contribution in [0.2, 0.25) is 0 Å². The second-order valence-corrected chi connectivity index (χ2v) is 9.93. The number of aryl methyl sites for hydroxylation is 1. The SMILES string of the molecule is CCn1c(-c2ccc(NC(=O)OC3C[C@H](C)CCC3C(C)C)cc2)c(C#N)c2ccc(OC)cc21. The smallest absolute Gasteiger partial charge is 0.411 e. The Morgan fingerprint density at radius 3 is 2.57 bits per heavy atom. The van der Waals surface area contributed by atoms with E-state index in [1.54, 1.807) is 7.11 Å². The van der Waals surface area contributed by atoms with Crippen LogP contribution in [-0.2, 0) is 11.3 Å². The van der Waals surface area contributed by atoms with Gasteiger partial charge in [0.05, 0.1) is 23.9 Å². The number of aromatic nitrogens is 1. The molecule has 0 spiro atoms. The Hall–Kier alpha value is -3.46. The van der Waals surface area contributed by atoms with E-state index in [9.17, 15) is 10.1 Å². The molecule has 6 heteroatoms. The molecule has 1 aromatic heterocycles. The maximum atomic E-state index is 12.7.